The van der Waals surface area contributed by atoms with Crippen LogP contribution in [0.4, 0.5) is 4.39 Å². The summed E-state index contributed by atoms with van der Waals surface area (Å²) in [7, 11) is 0. The van der Waals surface area contributed by atoms with Gasteiger partial charge in [0.1, 0.15) is 10.7 Å². The Bertz CT molecular complexity index is 696. The number of rotatable bonds is 4. The van der Waals surface area contributed by atoms with Gasteiger partial charge in [-0.3, -0.25) is 4.79 Å². The molecule has 0 fully saturated rings. The summed E-state index contributed by atoms with van der Waals surface area (Å²) in [4.78, 5) is 23.2. The predicted molar refractivity (Wildman–Crippen MR) is 78.3 cm³/mol. The molecule has 110 valence electrons. The fourth-order valence-corrected chi connectivity index (χ4v) is 2.55. The van der Waals surface area contributed by atoms with Crippen LogP contribution in [-0.2, 0) is 0 Å². The Morgan fingerprint density at radius 3 is 2.48 bits per heavy atom. The third kappa shape index (κ3) is 3.46. The van der Waals surface area contributed by atoms with Gasteiger partial charge in [0.2, 0.25) is 0 Å². The van der Waals surface area contributed by atoms with Gasteiger partial charge in [0, 0.05) is 0 Å². The van der Waals surface area contributed by atoms with E-state index in [0.717, 1.165) is 11.3 Å². The van der Waals surface area contributed by atoms with Crippen LogP contribution < -0.4 is 5.32 Å². The largest absolute Gasteiger partial charge is 0.477 e. The van der Waals surface area contributed by atoms with E-state index in [0.29, 0.717) is 16.0 Å². The minimum Gasteiger partial charge on any atom is -0.477 e. The standard InChI is InChI=1S/C15H14FNO3S/c1-8-3-4-10(7-11(8)16)9(2)17-14(18)12-5-6-13(21-12)15(19)20/h3-7,9H,1-2H3,(H,17,18)(H,19,20). The van der Waals surface area contributed by atoms with Gasteiger partial charge in [-0.05, 0) is 43.2 Å². The van der Waals surface area contributed by atoms with Gasteiger partial charge in [0.25, 0.3) is 5.91 Å². The topological polar surface area (TPSA) is 66.4 Å². The van der Waals surface area contributed by atoms with Crippen LogP contribution in [0.2, 0.25) is 0 Å². The molecule has 1 aromatic heterocycles. The summed E-state index contributed by atoms with van der Waals surface area (Å²) in [5.74, 6) is -1.76. The van der Waals surface area contributed by atoms with Crippen molar-refractivity contribution in [3.05, 3.63) is 57.0 Å². The van der Waals surface area contributed by atoms with E-state index < -0.39 is 5.97 Å². The molecular formula is C15H14FNO3S. The lowest BCUT2D eigenvalue weighted by atomic mass is 10.1. The fourth-order valence-electron chi connectivity index (χ4n) is 1.80. The van der Waals surface area contributed by atoms with Crippen LogP contribution in [0.5, 0.6) is 0 Å². The molecule has 2 rings (SSSR count). The van der Waals surface area contributed by atoms with Crippen molar-refractivity contribution >= 4 is 23.2 Å². The molecule has 2 aromatic rings. The Labute approximate surface area is 125 Å². The zero-order chi connectivity index (χ0) is 15.6. The number of amides is 1. The smallest absolute Gasteiger partial charge is 0.345 e. The monoisotopic (exact) mass is 307 g/mol. The van der Waals surface area contributed by atoms with E-state index in [4.69, 9.17) is 5.11 Å². The molecule has 0 saturated carbocycles. The molecular weight excluding hydrogens is 293 g/mol. The summed E-state index contributed by atoms with van der Waals surface area (Å²) >= 11 is 0.906. The number of halogens is 1. The Balaban J connectivity index is 2.10. The normalized spacial score (nSPS) is 12.0. The van der Waals surface area contributed by atoms with E-state index >= 15 is 0 Å². The highest BCUT2D eigenvalue weighted by Crippen LogP contribution is 2.20. The van der Waals surface area contributed by atoms with Gasteiger partial charge in [0.15, 0.2) is 0 Å². The average molecular weight is 307 g/mol. The first-order chi connectivity index (χ1) is 9.88. The highest BCUT2D eigenvalue weighted by Gasteiger charge is 2.16. The molecule has 21 heavy (non-hydrogen) atoms. The second kappa shape index (κ2) is 6.05. The first-order valence-electron chi connectivity index (χ1n) is 6.28. The van der Waals surface area contributed by atoms with Crippen molar-refractivity contribution in [1.29, 1.82) is 0 Å². The number of benzene rings is 1. The third-order valence-corrected chi connectivity index (χ3v) is 4.16. The van der Waals surface area contributed by atoms with Crippen molar-refractivity contribution in [3.63, 3.8) is 0 Å². The highest BCUT2D eigenvalue weighted by molar-refractivity contribution is 7.15. The van der Waals surface area contributed by atoms with E-state index in [1.807, 2.05) is 0 Å². The van der Waals surface area contributed by atoms with Gasteiger partial charge >= 0.3 is 5.97 Å². The first kappa shape index (κ1) is 15.2. The zero-order valence-electron chi connectivity index (χ0n) is 11.5. The number of nitrogens with one attached hydrogen (secondary N) is 1. The molecule has 1 heterocycles. The van der Waals surface area contributed by atoms with E-state index in [1.54, 1.807) is 26.0 Å². The average Bonchev–Trinajstić information content (AvgIpc) is 2.91. The second-order valence-corrected chi connectivity index (χ2v) is 5.76. The summed E-state index contributed by atoms with van der Waals surface area (Å²) in [6.07, 6.45) is 0. The summed E-state index contributed by atoms with van der Waals surface area (Å²) in [5.41, 5.74) is 1.20. The highest BCUT2D eigenvalue weighted by atomic mass is 32.1. The molecule has 1 amide bonds. The van der Waals surface area contributed by atoms with Crippen molar-refractivity contribution < 1.29 is 19.1 Å². The molecule has 1 aromatic carbocycles. The van der Waals surface area contributed by atoms with Gasteiger partial charge in [-0.1, -0.05) is 12.1 Å². The molecule has 0 aliphatic carbocycles. The first-order valence-corrected chi connectivity index (χ1v) is 7.10. The minimum absolute atomic E-state index is 0.106. The number of carboxylic acids is 1. The lowest BCUT2D eigenvalue weighted by molar-refractivity contribution is 0.0702. The van der Waals surface area contributed by atoms with E-state index in [-0.39, 0.29) is 22.6 Å². The van der Waals surface area contributed by atoms with Crippen LogP contribution in [0.15, 0.2) is 30.3 Å². The number of thiophene rings is 1. The molecule has 6 heteroatoms. The molecule has 0 aliphatic rings. The molecule has 0 radical (unpaired) electrons. The van der Waals surface area contributed by atoms with Gasteiger partial charge < -0.3 is 10.4 Å². The van der Waals surface area contributed by atoms with Crippen LogP contribution in [0.25, 0.3) is 0 Å². The van der Waals surface area contributed by atoms with E-state index in [1.165, 1.54) is 18.2 Å². The SMILES string of the molecule is Cc1ccc(C(C)NC(=O)c2ccc(C(=O)O)s2)cc1F. The number of hydrogen-bond acceptors (Lipinski definition) is 3. The van der Waals surface area contributed by atoms with Crippen molar-refractivity contribution in [1.82, 2.24) is 5.32 Å². The number of aromatic carboxylic acids is 1. The Kier molecular flexibility index (Phi) is 4.37. The van der Waals surface area contributed by atoms with Crippen LogP contribution in [0, 0.1) is 12.7 Å². The molecule has 0 saturated heterocycles. The van der Waals surface area contributed by atoms with Crippen LogP contribution >= 0.6 is 11.3 Å². The summed E-state index contributed by atoms with van der Waals surface area (Å²) in [6, 6.07) is 7.27. The number of hydrogen-bond donors (Lipinski definition) is 2. The van der Waals surface area contributed by atoms with Crippen molar-refractivity contribution in [2.75, 3.05) is 0 Å². The molecule has 4 nitrogen and oxygen atoms in total. The number of carbonyl (C=O) groups is 2. The third-order valence-electron chi connectivity index (χ3n) is 3.08. The van der Waals surface area contributed by atoms with Crippen molar-refractivity contribution in [2.45, 2.75) is 19.9 Å². The number of carbonyl (C=O) groups excluding carboxylic acids is 1. The van der Waals surface area contributed by atoms with Gasteiger partial charge in [-0.15, -0.1) is 11.3 Å². The van der Waals surface area contributed by atoms with Crippen molar-refractivity contribution in [2.24, 2.45) is 0 Å². The predicted octanol–water partition coefficient (Wildman–Crippen LogP) is 3.38. The minimum atomic E-state index is -1.06. The van der Waals surface area contributed by atoms with E-state index in [9.17, 15) is 14.0 Å². The van der Waals surface area contributed by atoms with Crippen LogP contribution in [0.1, 0.15) is 43.4 Å². The number of aryl methyl sites for hydroxylation is 1. The Morgan fingerprint density at radius 1 is 1.24 bits per heavy atom. The molecule has 1 atom stereocenters. The van der Waals surface area contributed by atoms with E-state index in [2.05, 4.69) is 5.32 Å². The molecule has 0 aliphatic heterocycles. The lowest BCUT2D eigenvalue weighted by Crippen LogP contribution is -2.26. The molecule has 0 spiro atoms. The summed E-state index contributed by atoms with van der Waals surface area (Å²) in [6.45, 7) is 3.41. The lowest BCUT2D eigenvalue weighted by Gasteiger charge is -2.14. The summed E-state index contributed by atoms with van der Waals surface area (Å²) < 4.78 is 13.5. The Morgan fingerprint density at radius 2 is 1.90 bits per heavy atom. The fraction of sp³-hybridized carbons (Fsp3) is 0.200. The van der Waals surface area contributed by atoms with Crippen molar-refractivity contribution in [3.8, 4) is 0 Å². The van der Waals surface area contributed by atoms with Gasteiger partial charge in [0.05, 0.1) is 10.9 Å². The maximum Gasteiger partial charge on any atom is 0.345 e. The Hall–Kier alpha value is -2.21. The zero-order valence-corrected chi connectivity index (χ0v) is 12.3. The van der Waals surface area contributed by atoms with Gasteiger partial charge in [-0.2, -0.15) is 0 Å². The molecule has 1 unspecified atom stereocenters. The second-order valence-electron chi connectivity index (χ2n) is 4.67. The number of carboxylic acid groups (broad SMARTS) is 1. The molecule has 2 N–H and O–H groups in total. The quantitative estimate of drug-likeness (QED) is 0.910. The maximum absolute atomic E-state index is 13.5. The maximum atomic E-state index is 13.5. The summed E-state index contributed by atoms with van der Waals surface area (Å²) in [5, 5.41) is 11.6. The van der Waals surface area contributed by atoms with Crippen LogP contribution in [0.3, 0.4) is 0 Å². The molecule has 0 bridgehead atoms. The van der Waals surface area contributed by atoms with Gasteiger partial charge in [-0.25, -0.2) is 9.18 Å². The van der Waals surface area contributed by atoms with Crippen LogP contribution in [-0.4, -0.2) is 17.0 Å².